The molecule has 2 nitrogen and oxygen atoms in total. The predicted molar refractivity (Wildman–Crippen MR) is 92.5 cm³/mol. The molecule has 1 heterocycles. The smallest absolute Gasteiger partial charge is 0.110 e. The molecule has 1 aliphatic rings. The number of hydrogen-bond donors (Lipinski definition) is 1. The van der Waals surface area contributed by atoms with Crippen molar-refractivity contribution in [2.45, 2.75) is 45.3 Å². The number of hydrogen-bond acceptors (Lipinski definition) is 2. The van der Waals surface area contributed by atoms with Crippen LogP contribution in [0.2, 0.25) is 0 Å². The van der Waals surface area contributed by atoms with Crippen LogP contribution in [0.15, 0.2) is 48.6 Å². The second-order valence-corrected chi connectivity index (χ2v) is 6.69. The van der Waals surface area contributed by atoms with E-state index in [1.807, 2.05) is 6.07 Å². The van der Waals surface area contributed by atoms with Gasteiger partial charge in [-0.15, -0.1) is 0 Å². The van der Waals surface area contributed by atoms with E-state index in [9.17, 15) is 0 Å². The zero-order valence-corrected chi connectivity index (χ0v) is 13.9. The number of aliphatic hydroxyl groups excluding tert-OH is 1. The summed E-state index contributed by atoms with van der Waals surface area (Å²) in [6, 6.07) is 10.4. The first kappa shape index (κ1) is 17.0. The van der Waals surface area contributed by atoms with Crippen molar-refractivity contribution in [3.63, 3.8) is 0 Å². The SMILES string of the molecule is C[C@H](/C=C/c1ccccc1)C/C=C/[C@H](C)C[C@@]1(C)O[C@@H]1CO. The molecule has 0 spiro atoms. The predicted octanol–water partition coefficient (Wildman–Crippen LogP) is 4.46. The van der Waals surface area contributed by atoms with Gasteiger partial charge in [0.05, 0.1) is 12.2 Å². The molecule has 0 saturated carbocycles. The number of benzene rings is 1. The number of aliphatic hydroxyl groups is 1. The molecule has 1 saturated heterocycles. The highest BCUT2D eigenvalue weighted by Gasteiger charge is 2.51. The number of ether oxygens (including phenoxy) is 1. The van der Waals surface area contributed by atoms with E-state index in [-0.39, 0.29) is 18.3 Å². The summed E-state index contributed by atoms with van der Waals surface area (Å²) in [4.78, 5) is 0. The molecular formula is C20H28O2. The van der Waals surface area contributed by atoms with Gasteiger partial charge in [0.1, 0.15) is 6.10 Å². The van der Waals surface area contributed by atoms with Gasteiger partial charge in [-0.1, -0.05) is 68.5 Å². The molecule has 1 aromatic carbocycles. The van der Waals surface area contributed by atoms with Gasteiger partial charge < -0.3 is 9.84 Å². The molecule has 1 fully saturated rings. The van der Waals surface area contributed by atoms with Crippen molar-refractivity contribution >= 4 is 6.08 Å². The van der Waals surface area contributed by atoms with Crippen LogP contribution in [0.3, 0.4) is 0 Å². The molecule has 22 heavy (non-hydrogen) atoms. The number of allylic oxidation sites excluding steroid dienone is 3. The van der Waals surface area contributed by atoms with Crippen LogP contribution >= 0.6 is 0 Å². The molecule has 1 N–H and O–H groups in total. The van der Waals surface area contributed by atoms with E-state index in [0.717, 1.165) is 12.8 Å². The highest BCUT2D eigenvalue weighted by molar-refractivity contribution is 5.48. The molecule has 0 aromatic heterocycles. The molecule has 1 aliphatic heterocycles. The summed E-state index contributed by atoms with van der Waals surface area (Å²) in [7, 11) is 0. The van der Waals surface area contributed by atoms with Crippen molar-refractivity contribution < 1.29 is 9.84 Å². The van der Waals surface area contributed by atoms with Gasteiger partial charge in [0.15, 0.2) is 0 Å². The Balaban J connectivity index is 1.71. The Morgan fingerprint density at radius 1 is 1.18 bits per heavy atom. The van der Waals surface area contributed by atoms with E-state index in [2.05, 4.69) is 69.3 Å². The third-order valence-electron chi connectivity index (χ3n) is 4.32. The maximum Gasteiger partial charge on any atom is 0.110 e. The summed E-state index contributed by atoms with van der Waals surface area (Å²) < 4.78 is 5.54. The maximum absolute atomic E-state index is 9.11. The topological polar surface area (TPSA) is 32.8 Å². The van der Waals surface area contributed by atoms with Crippen LogP contribution in [-0.4, -0.2) is 23.4 Å². The van der Waals surface area contributed by atoms with Gasteiger partial charge in [0.25, 0.3) is 0 Å². The summed E-state index contributed by atoms with van der Waals surface area (Å²) in [6.07, 6.45) is 11.1. The first-order valence-electron chi connectivity index (χ1n) is 8.22. The van der Waals surface area contributed by atoms with Crippen LogP contribution in [0.4, 0.5) is 0 Å². The summed E-state index contributed by atoms with van der Waals surface area (Å²) in [5.74, 6) is 1.01. The van der Waals surface area contributed by atoms with Gasteiger partial charge in [0.2, 0.25) is 0 Å². The molecule has 0 radical (unpaired) electrons. The highest BCUT2D eigenvalue weighted by Crippen LogP contribution is 2.41. The van der Waals surface area contributed by atoms with Gasteiger partial charge in [-0.2, -0.15) is 0 Å². The maximum atomic E-state index is 9.11. The third kappa shape index (κ3) is 5.11. The summed E-state index contributed by atoms with van der Waals surface area (Å²) in [6.45, 7) is 6.67. The van der Waals surface area contributed by atoms with Crippen LogP contribution in [0.25, 0.3) is 6.08 Å². The van der Waals surface area contributed by atoms with Crippen LogP contribution in [0, 0.1) is 11.8 Å². The Labute approximate surface area is 134 Å². The van der Waals surface area contributed by atoms with Gasteiger partial charge >= 0.3 is 0 Å². The molecule has 120 valence electrons. The Morgan fingerprint density at radius 3 is 2.55 bits per heavy atom. The average Bonchev–Trinajstić information content (AvgIpc) is 3.16. The standard InChI is InChI=1S/C20H28O2/c1-16(12-13-18-10-5-4-6-11-18)8-7-9-17(2)14-20(3)19(15-21)22-20/h4-7,9-13,16-17,19,21H,8,14-15H2,1-3H3/b9-7+,13-12+/t16-,17-,19+,20+/m0/s1. The zero-order chi connectivity index (χ0) is 16.0. The van der Waals surface area contributed by atoms with Gasteiger partial charge in [-0.3, -0.25) is 0 Å². The quantitative estimate of drug-likeness (QED) is 0.568. The fraction of sp³-hybridized carbons (Fsp3) is 0.500. The van der Waals surface area contributed by atoms with E-state index in [0.29, 0.717) is 11.8 Å². The minimum absolute atomic E-state index is 0.0380. The molecular weight excluding hydrogens is 272 g/mol. The Kier molecular flexibility index (Phi) is 5.98. The lowest BCUT2D eigenvalue weighted by Gasteiger charge is -2.10. The van der Waals surface area contributed by atoms with E-state index in [1.165, 1.54) is 5.56 Å². The molecule has 1 aromatic rings. The normalized spacial score (nSPS) is 27.4. The Bertz CT molecular complexity index is 506. The van der Waals surface area contributed by atoms with Gasteiger partial charge in [0, 0.05) is 0 Å². The average molecular weight is 300 g/mol. The van der Waals surface area contributed by atoms with E-state index in [1.54, 1.807) is 0 Å². The highest BCUT2D eigenvalue weighted by atomic mass is 16.6. The lowest BCUT2D eigenvalue weighted by atomic mass is 9.93. The molecule has 0 amide bonds. The van der Waals surface area contributed by atoms with Crippen LogP contribution in [-0.2, 0) is 4.74 Å². The van der Waals surface area contributed by atoms with Crippen molar-refractivity contribution in [3.8, 4) is 0 Å². The molecule has 0 aliphatic carbocycles. The number of epoxide rings is 1. The van der Waals surface area contributed by atoms with Crippen LogP contribution in [0.5, 0.6) is 0 Å². The van der Waals surface area contributed by atoms with E-state index >= 15 is 0 Å². The Hall–Kier alpha value is -1.38. The molecule has 4 atom stereocenters. The van der Waals surface area contributed by atoms with Crippen molar-refractivity contribution in [3.05, 3.63) is 54.1 Å². The Morgan fingerprint density at radius 2 is 1.91 bits per heavy atom. The lowest BCUT2D eigenvalue weighted by molar-refractivity contribution is 0.233. The van der Waals surface area contributed by atoms with Crippen molar-refractivity contribution in [1.29, 1.82) is 0 Å². The second kappa shape index (κ2) is 7.75. The fourth-order valence-electron chi connectivity index (χ4n) is 2.85. The summed E-state index contributed by atoms with van der Waals surface area (Å²) >= 11 is 0. The summed E-state index contributed by atoms with van der Waals surface area (Å²) in [5.41, 5.74) is 1.14. The lowest BCUT2D eigenvalue weighted by Crippen LogP contribution is -2.15. The van der Waals surface area contributed by atoms with Crippen LogP contribution < -0.4 is 0 Å². The van der Waals surface area contributed by atoms with Gasteiger partial charge in [-0.25, -0.2) is 0 Å². The fourth-order valence-corrected chi connectivity index (χ4v) is 2.85. The zero-order valence-electron chi connectivity index (χ0n) is 13.9. The largest absolute Gasteiger partial charge is 0.394 e. The number of rotatable bonds is 8. The van der Waals surface area contributed by atoms with Crippen molar-refractivity contribution in [2.24, 2.45) is 11.8 Å². The molecule has 0 bridgehead atoms. The van der Waals surface area contributed by atoms with Crippen LogP contribution in [0.1, 0.15) is 39.2 Å². The van der Waals surface area contributed by atoms with E-state index in [4.69, 9.17) is 9.84 Å². The molecule has 0 unspecified atom stereocenters. The monoisotopic (exact) mass is 300 g/mol. The minimum atomic E-state index is -0.114. The first-order valence-corrected chi connectivity index (χ1v) is 8.22. The third-order valence-corrected chi connectivity index (χ3v) is 4.32. The second-order valence-electron chi connectivity index (χ2n) is 6.69. The minimum Gasteiger partial charge on any atom is -0.394 e. The summed E-state index contributed by atoms with van der Waals surface area (Å²) in [5, 5.41) is 9.11. The van der Waals surface area contributed by atoms with Crippen molar-refractivity contribution in [1.82, 2.24) is 0 Å². The first-order chi connectivity index (χ1) is 10.5. The van der Waals surface area contributed by atoms with Gasteiger partial charge in [-0.05, 0) is 37.2 Å². The van der Waals surface area contributed by atoms with E-state index < -0.39 is 0 Å². The molecule has 2 heteroatoms. The van der Waals surface area contributed by atoms with Crippen molar-refractivity contribution in [2.75, 3.05) is 6.61 Å². The molecule has 2 rings (SSSR count).